The van der Waals surface area contributed by atoms with Crippen LogP contribution in [0.5, 0.6) is 0 Å². The molecule has 3 rings (SSSR count). The molecule has 4 heteroatoms. The average Bonchev–Trinajstić information content (AvgIpc) is 2.95. The molecule has 0 unspecified atom stereocenters. The molecule has 1 aliphatic rings. The number of amides is 1. The zero-order valence-corrected chi connectivity index (χ0v) is 15.4. The maximum atomic E-state index is 12.6. The lowest BCUT2D eigenvalue weighted by molar-refractivity contribution is -0.126. The van der Waals surface area contributed by atoms with Crippen LogP contribution >= 0.6 is 11.6 Å². The van der Waals surface area contributed by atoms with Crippen LogP contribution in [-0.2, 0) is 17.6 Å². The fraction of sp³-hybridized carbons (Fsp3) is 0.550. The highest BCUT2D eigenvalue weighted by Gasteiger charge is 2.26. The molecule has 0 aliphatic heterocycles. The van der Waals surface area contributed by atoms with E-state index < -0.39 is 0 Å². The topological polar surface area (TPSA) is 44.9 Å². The number of H-pyrrole nitrogens is 1. The van der Waals surface area contributed by atoms with E-state index in [1.54, 1.807) is 0 Å². The number of carbonyl (C=O) groups is 1. The summed E-state index contributed by atoms with van der Waals surface area (Å²) in [7, 11) is 0. The Kier molecular flexibility index (Phi) is 5.50. The molecular weight excluding hydrogens is 320 g/mol. The minimum Gasteiger partial charge on any atom is -0.357 e. The van der Waals surface area contributed by atoms with Gasteiger partial charge in [0.05, 0.1) is 10.5 Å². The van der Waals surface area contributed by atoms with Gasteiger partial charge in [0, 0.05) is 23.0 Å². The van der Waals surface area contributed by atoms with E-state index in [4.69, 9.17) is 11.6 Å². The Morgan fingerprint density at radius 3 is 3.00 bits per heavy atom. The number of para-hydroxylation sites is 1. The summed E-state index contributed by atoms with van der Waals surface area (Å²) in [6.45, 7) is 4.29. The monoisotopic (exact) mass is 346 g/mol. The molecule has 1 heterocycles. The maximum Gasteiger partial charge on any atom is 0.223 e. The molecule has 1 aromatic heterocycles. The van der Waals surface area contributed by atoms with Gasteiger partial charge < -0.3 is 10.3 Å². The van der Waals surface area contributed by atoms with Crippen molar-refractivity contribution in [3.05, 3.63) is 34.5 Å². The first-order chi connectivity index (χ1) is 11.6. The molecule has 130 valence electrons. The van der Waals surface area contributed by atoms with Crippen molar-refractivity contribution in [1.82, 2.24) is 10.3 Å². The number of aryl methyl sites for hydroxylation is 1. The molecule has 0 bridgehead atoms. The van der Waals surface area contributed by atoms with Gasteiger partial charge in [-0.05, 0) is 43.7 Å². The van der Waals surface area contributed by atoms with Crippen LogP contribution < -0.4 is 5.32 Å². The van der Waals surface area contributed by atoms with Crippen molar-refractivity contribution in [2.75, 3.05) is 0 Å². The number of hydrogen-bond donors (Lipinski definition) is 2. The number of rotatable bonds is 6. The molecule has 0 saturated carbocycles. The molecule has 0 fully saturated rings. The molecular formula is C20H27ClN2O. The van der Waals surface area contributed by atoms with Gasteiger partial charge in [0.2, 0.25) is 5.91 Å². The predicted molar refractivity (Wildman–Crippen MR) is 101 cm³/mol. The maximum absolute atomic E-state index is 12.6. The number of carbonyl (C=O) groups excluding carboxylic acids is 1. The number of aromatic nitrogens is 1. The van der Waals surface area contributed by atoms with Gasteiger partial charge in [-0.2, -0.15) is 0 Å². The van der Waals surface area contributed by atoms with E-state index in [0.29, 0.717) is 0 Å². The number of hydrogen-bond acceptors (Lipinski definition) is 1. The van der Waals surface area contributed by atoms with Crippen LogP contribution in [0.2, 0.25) is 5.02 Å². The first-order valence-electron chi connectivity index (χ1n) is 9.22. The summed E-state index contributed by atoms with van der Waals surface area (Å²) in [6, 6.07) is 6.28. The molecule has 1 aromatic carbocycles. The second-order valence-corrected chi connectivity index (χ2v) is 7.35. The second kappa shape index (κ2) is 7.60. The smallest absolute Gasteiger partial charge is 0.223 e. The van der Waals surface area contributed by atoms with Gasteiger partial charge in [0.1, 0.15) is 0 Å². The number of halogens is 1. The Morgan fingerprint density at radius 1 is 1.42 bits per heavy atom. The molecule has 0 spiro atoms. The second-order valence-electron chi connectivity index (χ2n) is 6.94. The highest BCUT2D eigenvalue weighted by atomic mass is 35.5. The first kappa shape index (κ1) is 17.3. The molecule has 2 N–H and O–H groups in total. The van der Waals surface area contributed by atoms with Crippen molar-refractivity contribution in [1.29, 1.82) is 0 Å². The lowest BCUT2D eigenvalue weighted by atomic mass is 9.90. The lowest BCUT2D eigenvalue weighted by Crippen LogP contribution is -2.41. The minimum absolute atomic E-state index is 0.156. The van der Waals surface area contributed by atoms with E-state index >= 15 is 0 Å². The van der Waals surface area contributed by atoms with Crippen molar-refractivity contribution in [3.8, 4) is 0 Å². The van der Waals surface area contributed by atoms with Gasteiger partial charge in [-0.3, -0.25) is 4.79 Å². The normalized spacial score (nSPS) is 18.4. The molecule has 1 aliphatic carbocycles. The van der Waals surface area contributed by atoms with Gasteiger partial charge in [0.15, 0.2) is 0 Å². The van der Waals surface area contributed by atoms with Gasteiger partial charge in [-0.25, -0.2) is 0 Å². The number of nitrogens with one attached hydrogen (secondary N) is 2. The Bertz CT molecular complexity index is 722. The van der Waals surface area contributed by atoms with E-state index in [-0.39, 0.29) is 17.9 Å². The molecule has 3 nitrogen and oxygen atoms in total. The lowest BCUT2D eigenvalue weighted by Gasteiger charge is -2.26. The Morgan fingerprint density at radius 2 is 2.25 bits per heavy atom. The highest BCUT2D eigenvalue weighted by Crippen LogP contribution is 2.32. The Labute approximate surface area is 149 Å². The highest BCUT2D eigenvalue weighted by molar-refractivity contribution is 6.35. The van der Waals surface area contributed by atoms with Crippen LogP contribution in [0.4, 0.5) is 0 Å². The van der Waals surface area contributed by atoms with Crippen LogP contribution in [0.1, 0.15) is 57.2 Å². The fourth-order valence-electron chi connectivity index (χ4n) is 3.82. The van der Waals surface area contributed by atoms with Gasteiger partial charge in [-0.1, -0.05) is 50.4 Å². The number of benzene rings is 1. The summed E-state index contributed by atoms with van der Waals surface area (Å²) in [6.07, 6.45) is 7.05. The number of aromatic amines is 1. The predicted octanol–water partition coefficient (Wildman–Crippen LogP) is 5.01. The standard InChI is InChI=1S/C20H27ClN2O/c1-3-5-7-13(4-2)20(24)22-14-10-11-18-16(12-14)15-8-6-9-17(21)19(15)23-18/h6,8-9,13-14,23H,3-5,7,10-12H2,1-2H3,(H,22,24)/t13-,14+/m1/s1. The van der Waals surface area contributed by atoms with E-state index in [9.17, 15) is 4.79 Å². The molecule has 0 radical (unpaired) electrons. The fourth-order valence-corrected chi connectivity index (χ4v) is 4.04. The van der Waals surface area contributed by atoms with Crippen molar-refractivity contribution >= 4 is 28.4 Å². The van der Waals surface area contributed by atoms with Crippen LogP contribution in [0.3, 0.4) is 0 Å². The quantitative estimate of drug-likeness (QED) is 0.758. The summed E-state index contributed by atoms with van der Waals surface area (Å²) in [5, 5.41) is 5.28. The summed E-state index contributed by atoms with van der Waals surface area (Å²) in [5.74, 6) is 0.390. The molecule has 2 aromatic rings. The van der Waals surface area contributed by atoms with Crippen molar-refractivity contribution in [2.45, 2.75) is 64.8 Å². The largest absolute Gasteiger partial charge is 0.357 e. The number of unbranched alkanes of at least 4 members (excludes halogenated alkanes) is 1. The van der Waals surface area contributed by atoms with Crippen LogP contribution in [0.15, 0.2) is 18.2 Å². The average molecular weight is 347 g/mol. The zero-order chi connectivity index (χ0) is 17.1. The summed E-state index contributed by atoms with van der Waals surface area (Å²) in [4.78, 5) is 16.1. The Balaban J connectivity index is 1.72. The SMILES string of the molecule is CCCC[C@@H](CC)C(=O)N[C@H]1CCc2[nH]c3c(Cl)cccc3c2C1. The van der Waals surface area contributed by atoms with Gasteiger partial charge >= 0.3 is 0 Å². The summed E-state index contributed by atoms with van der Waals surface area (Å²) in [5.41, 5.74) is 3.64. The minimum atomic E-state index is 0.156. The third kappa shape index (κ3) is 3.46. The first-order valence-corrected chi connectivity index (χ1v) is 9.60. The van der Waals surface area contributed by atoms with E-state index in [2.05, 4.69) is 30.2 Å². The van der Waals surface area contributed by atoms with Crippen LogP contribution in [0, 0.1) is 5.92 Å². The summed E-state index contributed by atoms with van der Waals surface area (Å²) >= 11 is 6.31. The van der Waals surface area contributed by atoms with Crippen LogP contribution in [-0.4, -0.2) is 16.9 Å². The van der Waals surface area contributed by atoms with Crippen molar-refractivity contribution < 1.29 is 4.79 Å². The zero-order valence-electron chi connectivity index (χ0n) is 14.6. The van der Waals surface area contributed by atoms with Crippen molar-refractivity contribution in [3.63, 3.8) is 0 Å². The van der Waals surface area contributed by atoms with E-state index in [1.165, 1.54) is 16.6 Å². The molecule has 2 atom stereocenters. The third-order valence-corrected chi connectivity index (χ3v) is 5.60. The molecule has 1 amide bonds. The summed E-state index contributed by atoms with van der Waals surface area (Å²) < 4.78 is 0. The van der Waals surface area contributed by atoms with Gasteiger partial charge in [-0.15, -0.1) is 0 Å². The van der Waals surface area contributed by atoms with Crippen LogP contribution in [0.25, 0.3) is 10.9 Å². The third-order valence-electron chi connectivity index (χ3n) is 5.29. The molecule has 24 heavy (non-hydrogen) atoms. The number of fused-ring (bicyclic) bond motifs is 3. The van der Waals surface area contributed by atoms with Gasteiger partial charge in [0.25, 0.3) is 0 Å². The van der Waals surface area contributed by atoms with Crippen molar-refractivity contribution in [2.24, 2.45) is 5.92 Å². The van der Waals surface area contributed by atoms with E-state index in [0.717, 1.165) is 55.5 Å². The van der Waals surface area contributed by atoms with E-state index in [1.807, 2.05) is 12.1 Å². The Hall–Kier alpha value is -1.48. The molecule has 0 saturated heterocycles.